The number of thioether (sulfide) groups is 1. The molecular weight excluding hydrogens is 280 g/mol. The average molecular weight is 295 g/mol. The van der Waals surface area contributed by atoms with Gasteiger partial charge >= 0.3 is 0 Å². The summed E-state index contributed by atoms with van der Waals surface area (Å²) in [6, 6.07) is 12.2. The normalized spacial score (nSPS) is 15.7. The number of benzene rings is 1. The number of aromatic nitrogens is 1. The van der Waals surface area contributed by atoms with Gasteiger partial charge < -0.3 is 10.5 Å². The Hall–Kier alpha value is -1.23. The molecule has 3 rings (SSSR count). The Labute approximate surface area is 123 Å². The molecule has 1 aliphatic rings. The molecule has 2 N–H and O–H groups in total. The van der Waals surface area contributed by atoms with Crippen LogP contribution in [0.1, 0.15) is 16.4 Å². The van der Waals surface area contributed by atoms with Gasteiger partial charge in [0.1, 0.15) is 5.75 Å². The van der Waals surface area contributed by atoms with Crippen LogP contribution in [0.15, 0.2) is 42.6 Å². The van der Waals surface area contributed by atoms with E-state index < -0.39 is 0 Å². The summed E-state index contributed by atoms with van der Waals surface area (Å²) in [4.78, 5) is 4.31. The van der Waals surface area contributed by atoms with E-state index in [0.29, 0.717) is 12.4 Å². The van der Waals surface area contributed by atoms with Gasteiger partial charge in [-0.3, -0.25) is 0 Å². The molecule has 2 aromatic rings. The summed E-state index contributed by atoms with van der Waals surface area (Å²) in [7, 11) is 0. The van der Waals surface area contributed by atoms with Gasteiger partial charge in [-0.15, -0.1) is 24.2 Å². The zero-order valence-electron chi connectivity index (χ0n) is 10.3. The van der Waals surface area contributed by atoms with Gasteiger partial charge in [0.15, 0.2) is 0 Å². The molecule has 1 aromatic carbocycles. The highest BCUT2D eigenvalue weighted by Crippen LogP contribution is 2.47. The predicted molar refractivity (Wildman–Crippen MR) is 81.4 cm³/mol. The Morgan fingerprint density at radius 1 is 1.16 bits per heavy atom. The molecule has 19 heavy (non-hydrogen) atoms. The number of ether oxygens (including phenoxy) is 1. The molecule has 1 atom stereocenters. The number of hydrogen-bond acceptors (Lipinski definition) is 4. The maximum atomic E-state index is 5.83. The Bertz CT molecular complexity index is 519. The van der Waals surface area contributed by atoms with Crippen LogP contribution in [0.25, 0.3) is 0 Å². The Morgan fingerprint density at radius 2 is 1.95 bits per heavy atom. The lowest BCUT2D eigenvalue weighted by Crippen LogP contribution is -2.11. The van der Waals surface area contributed by atoms with Crippen molar-refractivity contribution in [3.63, 3.8) is 0 Å². The van der Waals surface area contributed by atoms with Crippen molar-refractivity contribution >= 4 is 24.2 Å². The molecule has 0 fully saturated rings. The fraction of sp³-hybridized carbons (Fsp3) is 0.214. The molecule has 100 valence electrons. The van der Waals surface area contributed by atoms with E-state index in [0.717, 1.165) is 17.1 Å². The van der Waals surface area contributed by atoms with Gasteiger partial charge in [0.05, 0.1) is 5.25 Å². The summed E-state index contributed by atoms with van der Waals surface area (Å²) < 4.78 is 5.83. The van der Waals surface area contributed by atoms with Crippen molar-refractivity contribution in [1.29, 1.82) is 0 Å². The summed E-state index contributed by atoms with van der Waals surface area (Å²) in [5.41, 5.74) is 7.96. The van der Waals surface area contributed by atoms with E-state index in [4.69, 9.17) is 10.5 Å². The number of halogens is 1. The summed E-state index contributed by atoms with van der Waals surface area (Å²) in [5, 5.41) is 0.266. The Balaban J connectivity index is 0.00000133. The predicted octanol–water partition coefficient (Wildman–Crippen LogP) is 3.39. The lowest BCUT2D eigenvalue weighted by molar-refractivity contribution is 0.439. The molecule has 0 saturated heterocycles. The number of fused-ring (bicyclic) bond motifs is 2. The summed E-state index contributed by atoms with van der Waals surface area (Å²) in [6.45, 7) is 0.680. The highest BCUT2D eigenvalue weighted by Gasteiger charge is 2.27. The van der Waals surface area contributed by atoms with E-state index in [1.165, 1.54) is 5.56 Å². The van der Waals surface area contributed by atoms with Gasteiger partial charge in [-0.1, -0.05) is 24.3 Å². The van der Waals surface area contributed by atoms with Crippen LogP contribution in [0.5, 0.6) is 11.6 Å². The number of para-hydroxylation sites is 1. The van der Waals surface area contributed by atoms with Crippen LogP contribution in [0, 0.1) is 0 Å². The molecule has 0 saturated carbocycles. The molecular formula is C14H15ClN2OS. The second-order valence-electron chi connectivity index (χ2n) is 4.08. The maximum absolute atomic E-state index is 5.83. The van der Waals surface area contributed by atoms with Crippen molar-refractivity contribution in [3.05, 3.63) is 53.7 Å². The van der Waals surface area contributed by atoms with Gasteiger partial charge in [0.2, 0.25) is 5.88 Å². The third-order valence-corrected chi connectivity index (χ3v) is 4.21. The van der Waals surface area contributed by atoms with Crippen LogP contribution < -0.4 is 10.5 Å². The van der Waals surface area contributed by atoms with E-state index in [-0.39, 0.29) is 17.7 Å². The molecule has 0 radical (unpaired) electrons. The molecule has 0 aliphatic carbocycles. The maximum Gasteiger partial charge on any atom is 0.223 e. The number of nitrogens with two attached hydrogens (primary N) is 1. The average Bonchev–Trinajstić information content (AvgIpc) is 2.43. The molecule has 1 aliphatic heterocycles. The van der Waals surface area contributed by atoms with Crippen molar-refractivity contribution in [2.24, 2.45) is 5.73 Å². The fourth-order valence-corrected chi connectivity index (χ4v) is 3.22. The minimum Gasteiger partial charge on any atom is -0.438 e. The number of hydrogen-bond donors (Lipinski definition) is 1. The first-order valence-corrected chi connectivity index (χ1v) is 6.98. The number of nitrogens with zero attached hydrogens (tertiary/aromatic N) is 1. The summed E-state index contributed by atoms with van der Waals surface area (Å²) >= 11 is 1.84. The number of pyridine rings is 1. The first-order valence-electron chi connectivity index (χ1n) is 5.93. The smallest absolute Gasteiger partial charge is 0.223 e. The van der Waals surface area contributed by atoms with Crippen LogP contribution in [-0.2, 0) is 0 Å². The summed E-state index contributed by atoms with van der Waals surface area (Å²) in [5.74, 6) is 2.54. The van der Waals surface area contributed by atoms with Gasteiger partial charge in [0, 0.05) is 29.6 Å². The van der Waals surface area contributed by atoms with Crippen molar-refractivity contribution in [2.75, 3.05) is 12.3 Å². The first-order chi connectivity index (χ1) is 8.90. The van der Waals surface area contributed by atoms with Crippen molar-refractivity contribution < 1.29 is 4.74 Å². The van der Waals surface area contributed by atoms with E-state index in [1.54, 1.807) is 6.20 Å². The molecule has 5 heteroatoms. The highest BCUT2D eigenvalue weighted by molar-refractivity contribution is 7.99. The van der Waals surface area contributed by atoms with Gasteiger partial charge in [0.25, 0.3) is 0 Å². The first kappa shape index (κ1) is 14.2. The molecule has 0 amide bonds. The molecule has 2 heterocycles. The topological polar surface area (TPSA) is 48.1 Å². The van der Waals surface area contributed by atoms with E-state index >= 15 is 0 Å². The second kappa shape index (κ2) is 6.28. The zero-order chi connectivity index (χ0) is 12.4. The van der Waals surface area contributed by atoms with Crippen LogP contribution in [0.3, 0.4) is 0 Å². The Morgan fingerprint density at radius 3 is 2.79 bits per heavy atom. The molecule has 0 bridgehead atoms. The molecule has 1 unspecified atom stereocenters. The van der Waals surface area contributed by atoms with Crippen molar-refractivity contribution in [3.8, 4) is 11.6 Å². The van der Waals surface area contributed by atoms with E-state index in [1.807, 2.05) is 36.0 Å². The van der Waals surface area contributed by atoms with Crippen LogP contribution >= 0.6 is 24.2 Å². The van der Waals surface area contributed by atoms with Crippen LogP contribution in [0.4, 0.5) is 0 Å². The molecule has 3 nitrogen and oxygen atoms in total. The standard InChI is InChI=1S/C14H14N2OS.ClH/c15-7-9-18-13-10-4-1-2-6-12(10)17-14-11(13)5-3-8-16-14;/h1-6,8,13H,7,9,15H2;1H. The Kier molecular flexibility index (Phi) is 4.69. The number of rotatable bonds is 3. The van der Waals surface area contributed by atoms with Crippen LogP contribution in [0.2, 0.25) is 0 Å². The second-order valence-corrected chi connectivity index (χ2v) is 5.29. The minimum absolute atomic E-state index is 0. The largest absolute Gasteiger partial charge is 0.438 e. The molecule has 1 aromatic heterocycles. The van der Waals surface area contributed by atoms with Crippen LogP contribution in [-0.4, -0.2) is 17.3 Å². The SMILES string of the molecule is Cl.NCCSC1c2ccccc2Oc2ncccc21. The van der Waals surface area contributed by atoms with E-state index in [9.17, 15) is 0 Å². The van der Waals surface area contributed by atoms with Gasteiger partial charge in [-0.2, -0.15) is 0 Å². The highest BCUT2D eigenvalue weighted by atomic mass is 35.5. The van der Waals surface area contributed by atoms with E-state index in [2.05, 4.69) is 17.1 Å². The third-order valence-electron chi connectivity index (χ3n) is 2.89. The lowest BCUT2D eigenvalue weighted by Gasteiger charge is -2.26. The molecule has 0 spiro atoms. The fourth-order valence-electron chi connectivity index (χ4n) is 2.12. The van der Waals surface area contributed by atoms with Gasteiger partial charge in [-0.05, 0) is 12.1 Å². The van der Waals surface area contributed by atoms with Gasteiger partial charge in [-0.25, -0.2) is 4.98 Å². The van der Waals surface area contributed by atoms with Crippen molar-refractivity contribution in [1.82, 2.24) is 4.98 Å². The zero-order valence-corrected chi connectivity index (χ0v) is 11.9. The quantitative estimate of drug-likeness (QED) is 0.942. The summed E-state index contributed by atoms with van der Waals surface area (Å²) in [6.07, 6.45) is 1.76. The third kappa shape index (κ3) is 2.71. The monoisotopic (exact) mass is 294 g/mol. The van der Waals surface area contributed by atoms with Crippen molar-refractivity contribution in [2.45, 2.75) is 5.25 Å². The lowest BCUT2D eigenvalue weighted by atomic mass is 10.0. The minimum atomic E-state index is 0.